The molecule has 0 aliphatic rings. The van der Waals surface area contributed by atoms with Crippen LogP contribution in [0, 0.1) is 0 Å². The second kappa shape index (κ2) is 6.28. The van der Waals surface area contributed by atoms with E-state index in [1.807, 2.05) is 60.8 Å². The van der Waals surface area contributed by atoms with Crippen LogP contribution in [0.4, 0.5) is 0 Å². The Hall–Kier alpha value is -3.34. The van der Waals surface area contributed by atoms with E-state index in [9.17, 15) is 9.59 Å². The molecule has 0 fully saturated rings. The van der Waals surface area contributed by atoms with Gasteiger partial charge >= 0.3 is 0 Å². The molecule has 2 heterocycles. The van der Waals surface area contributed by atoms with Gasteiger partial charge in [-0.3, -0.25) is 9.59 Å². The van der Waals surface area contributed by atoms with Gasteiger partial charge in [-0.05, 0) is 29.1 Å². The van der Waals surface area contributed by atoms with E-state index in [0.717, 1.165) is 27.4 Å². The Bertz CT molecular complexity index is 1120. The number of amides is 1. The lowest BCUT2D eigenvalue weighted by Crippen LogP contribution is -2.27. The number of H-pyrrole nitrogens is 2. The summed E-state index contributed by atoms with van der Waals surface area (Å²) < 4.78 is 0. The van der Waals surface area contributed by atoms with E-state index in [1.54, 1.807) is 0 Å². The highest BCUT2D eigenvalue weighted by Crippen LogP contribution is 2.18. The lowest BCUT2D eigenvalue weighted by Gasteiger charge is -2.06. The fourth-order valence-corrected chi connectivity index (χ4v) is 3.03. The molecule has 0 saturated carbocycles. The van der Waals surface area contributed by atoms with Gasteiger partial charge in [0.1, 0.15) is 0 Å². The highest BCUT2D eigenvalue weighted by molar-refractivity contribution is 5.88. The zero-order chi connectivity index (χ0) is 17.2. The van der Waals surface area contributed by atoms with Crippen LogP contribution < -0.4 is 10.9 Å². The molecule has 0 aliphatic heterocycles. The largest absolute Gasteiger partial charge is 0.361 e. The van der Waals surface area contributed by atoms with E-state index < -0.39 is 0 Å². The molecule has 0 unspecified atom stereocenters. The molecule has 25 heavy (non-hydrogen) atoms. The number of aromatic nitrogens is 2. The topological polar surface area (TPSA) is 77.8 Å². The van der Waals surface area contributed by atoms with Gasteiger partial charge in [0.05, 0.1) is 6.42 Å². The average molecular weight is 331 g/mol. The van der Waals surface area contributed by atoms with Crippen molar-refractivity contribution >= 4 is 27.7 Å². The van der Waals surface area contributed by atoms with Crippen LogP contribution in [0.2, 0.25) is 0 Å². The number of aromatic amines is 2. The zero-order valence-corrected chi connectivity index (χ0v) is 13.5. The molecule has 0 aliphatic carbocycles. The van der Waals surface area contributed by atoms with Gasteiger partial charge in [0.25, 0.3) is 5.56 Å². The van der Waals surface area contributed by atoms with E-state index in [1.165, 1.54) is 0 Å². The van der Waals surface area contributed by atoms with Crippen LogP contribution in [-0.4, -0.2) is 15.9 Å². The van der Waals surface area contributed by atoms with Gasteiger partial charge in [-0.2, -0.15) is 0 Å². The molecule has 4 rings (SSSR count). The Morgan fingerprint density at radius 1 is 0.960 bits per heavy atom. The summed E-state index contributed by atoms with van der Waals surface area (Å²) in [6.07, 6.45) is 2.13. The SMILES string of the molecule is O=C(Cc1c[nH]c2ccccc12)NCc1cc2ccccc2[nH]c1=O. The lowest BCUT2D eigenvalue weighted by molar-refractivity contribution is -0.120. The smallest absolute Gasteiger partial charge is 0.253 e. The summed E-state index contributed by atoms with van der Waals surface area (Å²) in [6, 6.07) is 17.3. The molecule has 2 aromatic heterocycles. The highest BCUT2D eigenvalue weighted by Gasteiger charge is 2.09. The van der Waals surface area contributed by atoms with Crippen LogP contribution >= 0.6 is 0 Å². The van der Waals surface area contributed by atoms with Gasteiger partial charge in [0.2, 0.25) is 5.91 Å². The Morgan fingerprint density at radius 2 is 1.72 bits per heavy atom. The molecule has 5 heteroatoms. The van der Waals surface area contributed by atoms with Crippen molar-refractivity contribution in [3.63, 3.8) is 0 Å². The number of hydrogen-bond donors (Lipinski definition) is 3. The van der Waals surface area contributed by atoms with Gasteiger partial charge in [0.15, 0.2) is 0 Å². The molecule has 0 radical (unpaired) electrons. The van der Waals surface area contributed by atoms with Crippen molar-refractivity contribution in [1.29, 1.82) is 0 Å². The molecule has 0 spiro atoms. The van der Waals surface area contributed by atoms with Crippen molar-refractivity contribution in [2.24, 2.45) is 0 Å². The first-order valence-electron chi connectivity index (χ1n) is 8.13. The first-order chi connectivity index (χ1) is 12.2. The third-order valence-electron chi connectivity index (χ3n) is 4.33. The molecule has 124 valence electrons. The van der Waals surface area contributed by atoms with Crippen molar-refractivity contribution in [3.05, 3.63) is 82.3 Å². The Morgan fingerprint density at radius 3 is 2.60 bits per heavy atom. The monoisotopic (exact) mass is 331 g/mol. The third-order valence-corrected chi connectivity index (χ3v) is 4.33. The number of rotatable bonds is 4. The summed E-state index contributed by atoms with van der Waals surface area (Å²) in [5, 5.41) is 4.82. The standard InChI is InChI=1S/C20H17N3O2/c24-19(10-14-11-21-18-8-4-2-6-16(14)18)22-12-15-9-13-5-1-3-7-17(13)23-20(15)25/h1-9,11,21H,10,12H2,(H,22,24)(H,23,25). The molecule has 0 bridgehead atoms. The molecule has 2 aromatic carbocycles. The summed E-state index contributed by atoms with van der Waals surface area (Å²) in [5.74, 6) is -0.114. The van der Waals surface area contributed by atoms with Crippen molar-refractivity contribution < 1.29 is 4.79 Å². The minimum atomic E-state index is -0.175. The van der Waals surface area contributed by atoms with Crippen LogP contribution in [0.1, 0.15) is 11.1 Å². The van der Waals surface area contributed by atoms with Gasteiger partial charge < -0.3 is 15.3 Å². The van der Waals surface area contributed by atoms with E-state index in [2.05, 4.69) is 15.3 Å². The van der Waals surface area contributed by atoms with Gasteiger partial charge in [-0.15, -0.1) is 0 Å². The summed E-state index contributed by atoms with van der Waals surface area (Å²) in [5.41, 5.74) is 3.12. The number of carbonyl (C=O) groups is 1. The van der Waals surface area contributed by atoms with E-state index >= 15 is 0 Å². The molecular formula is C20H17N3O2. The van der Waals surface area contributed by atoms with E-state index in [-0.39, 0.29) is 24.4 Å². The summed E-state index contributed by atoms with van der Waals surface area (Å²) in [4.78, 5) is 30.4. The predicted octanol–water partition coefficient (Wildman–Crippen LogP) is 2.87. The second-order valence-corrected chi connectivity index (χ2v) is 6.02. The molecule has 5 nitrogen and oxygen atoms in total. The average Bonchev–Trinajstić information content (AvgIpc) is 3.03. The van der Waals surface area contributed by atoms with Crippen LogP contribution in [0.15, 0.2) is 65.6 Å². The van der Waals surface area contributed by atoms with Gasteiger partial charge in [-0.1, -0.05) is 36.4 Å². The lowest BCUT2D eigenvalue weighted by atomic mass is 10.1. The van der Waals surface area contributed by atoms with E-state index in [4.69, 9.17) is 0 Å². The maximum atomic E-state index is 12.3. The minimum Gasteiger partial charge on any atom is -0.361 e. The quantitative estimate of drug-likeness (QED) is 0.538. The summed E-state index contributed by atoms with van der Waals surface area (Å²) >= 11 is 0. The van der Waals surface area contributed by atoms with Crippen molar-refractivity contribution in [3.8, 4) is 0 Å². The number of carbonyl (C=O) groups excluding carboxylic acids is 1. The molecule has 0 saturated heterocycles. The molecular weight excluding hydrogens is 314 g/mol. The number of nitrogens with one attached hydrogen (secondary N) is 3. The predicted molar refractivity (Wildman–Crippen MR) is 98.4 cm³/mol. The van der Waals surface area contributed by atoms with Crippen LogP contribution in [0.25, 0.3) is 21.8 Å². The van der Waals surface area contributed by atoms with E-state index in [0.29, 0.717) is 5.56 Å². The first kappa shape index (κ1) is 15.2. The molecule has 4 aromatic rings. The maximum Gasteiger partial charge on any atom is 0.253 e. The van der Waals surface area contributed by atoms with Gasteiger partial charge in [-0.25, -0.2) is 0 Å². The maximum absolute atomic E-state index is 12.3. The van der Waals surface area contributed by atoms with Crippen molar-refractivity contribution in [1.82, 2.24) is 15.3 Å². The fraction of sp³-hybridized carbons (Fsp3) is 0.100. The van der Waals surface area contributed by atoms with Crippen LogP contribution in [-0.2, 0) is 17.8 Å². The van der Waals surface area contributed by atoms with Crippen LogP contribution in [0.5, 0.6) is 0 Å². The number of fused-ring (bicyclic) bond motifs is 2. The normalized spacial score (nSPS) is 11.0. The third kappa shape index (κ3) is 3.04. The molecule has 0 atom stereocenters. The Labute approximate surface area is 143 Å². The summed E-state index contributed by atoms with van der Waals surface area (Å²) in [6.45, 7) is 0.210. The first-order valence-corrected chi connectivity index (χ1v) is 8.13. The Kier molecular flexibility index (Phi) is 3.82. The number of hydrogen-bond acceptors (Lipinski definition) is 2. The second-order valence-electron chi connectivity index (χ2n) is 6.02. The highest BCUT2D eigenvalue weighted by atomic mass is 16.1. The summed E-state index contributed by atoms with van der Waals surface area (Å²) in [7, 11) is 0. The molecule has 3 N–H and O–H groups in total. The zero-order valence-electron chi connectivity index (χ0n) is 13.5. The minimum absolute atomic E-state index is 0.114. The van der Waals surface area contributed by atoms with Crippen molar-refractivity contribution in [2.75, 3.05) is 0 Å². The Balaban J connectivity index is 1.48. The van der Waals surface area contributed by atoms with Crippen LogP contribution in [0.3, 0.4) is 0 Å². The number of benzene rings is 2. The fourth-order valence-electron chi connectivity index (χ4n) is 3.03. The molecule has 1 amide bonds. The van der Waals surface area contributed by atoms with Gasteiger partial charge in [0, 0.05) is 34.7 Å². The number of para-hydroxylation sites is 2. The number of pyridine rings is 1. The van der Waals surface area contributed by atoms with Crippen molar-refractivity contribution in [2.45, 2.75) is 13.0 Å².